The van der Waals surface area contributed by atoms with E-state index in [1.54, 1.807) is 30.3 Å². The number of allylic oxidation sites excluding steroid dienone is 1. The van der Waals surface area contributed by atoms with Gasteiger partial charge in [0.05, 0.1) is 11.8 Å². The van der Waals surface area contributed by atoms with Gasteiger partial charge in [0, 0.05) is 22.4 Å². The second-order valence-corrected chi connectivity index (χ2v) is 7.25. The Morgan fingerprint density at radius 2 is 1.93 bits per heavy atom. The third kappa shape index (κ3) is 3.85. The SMILES string of the molecule is C=C(c1nncc2cc(-c3cc(C(=O)NC4CC4)ccc3C)ccc12)C(F)(F)F. The molecule has 7 heteroatoms. The summed E-state index contributed by atoms with van der Waals surface area (Å²) >= 11 is 0. The molecule has 0 radical (unpaired) electrons. The van der Waals surface area contributed by atoms with Crippen molar-refractivity contribution in [1.29, 1.82) is 0 Å². The van der Waals surface area contributed by atoms with Crippen LogP contribution in [0.4, 0.5) is 13.2 Å². The lowest BCUT2D eigenvalue weighted by Gasteiger charge is -2.13. The number of alkyl halides is 3. The Balaban J connectivity index is 1.75. The molecule has 4 rings (SSSR count). The second-order valence-electron chi connectivity index (χ2n) is 7.25. The van der Waals surface area contributed by atoms with Gasteiger partial charge in [-0.3, -0.25) is 4.79 Å². The molecule has 148 valence electrons. The normalized spacial score (nSPS) is 14.1. The Bertz CT molecular complexity index is 1130. The van der Waals surface area contributed by atoms with Crippen molar-refractivity contribution >= 4 is 22.3 Å². The van der Waals surface area contributed by atoms with Gasteiger partial charge in [0.15, 0.2) is 0 Å². The molecule has 0 bridgehead atoms. The third-order valence-electron chi connectivity index (χ3n) is 5.01. The van der Waals surface area contributed by atoms with Crippen molar-refractivity contribution in [2.75, 3.05) is 0 Å². The van der Waals surface area contributed by atoms with Gasteiger partial charge in [0.2, 0.25) is 0 Å². The standard InChI is InChI=1S/C22H18F3N3O/c1-12-3-4-15(21(29)27-17-6-7-17)10-19(12)14-5-8-18-16(9-14)11-26-28-20(18)13(2)22(23,24)25/h3-5,8-11,17H,2,6-7H2,1H3,(H,27,29). The van der Waals surface area contributed by atoms with Gasteiger partial charge >= 0.3 is 6.18 Å². The summed E-state index contributed by atoms with van der Waals surface area (Å²) in [4.78, 5) is 12.4. The summed E-state index contributed by atoms with van der Waals surface area (Å²) in [6.07, 6.45) is -1.16. The molecule has 0 unspecified atom stereocenters. The molecular weight excluding hydrogens is 379 g/mol. The number of rotatable bonds is 4. The number of halogens is 3. The van der Waals surface area contributed by atoms with Gasteiger partial charge in [-0.1, -0.05) is 24.8 Å². The van der Waals surface area contributed by atoms with Crippen LogP contribution in [0.5, 0.6) is 0 Å². The molecule has 1 heterocycles. The molecule has 3 aromatic rings. The molecule has 1 saturated carbocycles. The van der Waals surface area contributed by atoms with E-state index in [2.05, 4.69) is 22.1 Å². The molecule has 0 saturated heterocycles. The zero-order chi connectivity index (χ0) is 20.8. The molecule has 1 aliphatic rings. The molecule has 0 atom stereocenters. The Labute approximate surface area is 165 Å². The smallest absolute Gasteiger partial charge is 0.349 e. The minimum absolute atomic E-state index is 0.121. The van der Waals surface area contributed by atoms with Crippen LogP contribution in [0.15, 0.2) is 49.2 Å². The average molecular weight is 397 g/mol. The molecule has 1 amide bonds. The first-order chi connectivity index (χ1) is 13.7. The average Bonchev–Trinajstić information content (AvgIpc) is 3.50. The number of hydrogen-bond acceptors (Lipinski definition) is 3. The van der Waals surface area contributed by atoms with E-state index in [1.165, 1.54) is 6.20 Å². The predicted octanol–water partition coefficient (Wildman–Crippen LogP) is 5.07. The molecule has 2 aromatic carbocycles. The quantitative estimate of drug-likeness (QED) is 0.669. The highest BCUT2D eigenvalue weighted by Gasteiger charge is 2.35. The Morgan fingerprint density at radius 1 is 1.17 bits per heavy atom. The summed E-state index contributed by atoms with van der Waals surface area (Å²) in [6, 6.07) is 10.8. The first-order valence-corrected chi connectivity index (χ1v) is 9.18. The minimum atomic E-state index is -4.58. The number of nitrogens with one attached hydrogen (secondary N) is 1. The molecule has 1 N–H and O–H groups in total. The molecule has 1 aliphatic carbocycles. The molecule has 29 heavy (non-hydrogen) atoms. The predicted molar refractivity (Wildman–Crippen MR) is 105 cm³/mol. The number of carbonyl (C=O) groups excluding carboxylic acids is 1. The van der Waals surface area contributed by atoms with Crippen LogP contribution in [-0.2, 0) is 0 Å². The van der Waals surface area contributed by atoms with Gasteiger partial charge in [-0.25, -0.2) is 0 Å². The Hall–Kier alpha value is -3.22. The van der Waals surface area contributed by atoms with Crippen molar-refractivity contribution in [3.63, 3.8) is 0 Å². The van der Waals surface area contributed by atoms with E-state index in [9.17, 15) is 18.0 Å². The van der Waals surface area contributed by atoms with Crippen LogP contribution >= 0.6 is 0 Å². The fraction of sp³-hybridized carbons (Fsp3) is 0.227. The molecule has 1 aromatic heterocycles. The van der Waals surface area contributed by atoms with Gasteiger partial charge in [-0.2, -0.15) is 18.3 Å². The monoisotopic (exact) mass is 397 g/mol. The molecule has 0 spiro atoms. The van der Waals surface area contributed by atoms with Crippen LogP contribution in [0, 0.1) is 6.92 Å². The van der Waals surface area contributed by atoms with Crippen LogP contribution in [0.2, 0.25) is 0 Å². The summed E-state index contributed by atoms with van der Waals surface area (Å²) in [6.45, 7) is 5.05. The second kappa shape index (κ2) is 6.99. The topological polar surface area (TPSA) is 54.9 Å². The number of aryl methyl sites for hydroxylation is 1. The number of fused-ring (bicyclic) bond motifs is 1. The summed E-state index contributed by atoms with van der Waals surface area (Å²) in [5.41, 5.74) is 1.82. The fourth-order valence-corrected chi connectivity index (χ4v) is 3.18. The first-order valence-electron chi connectivity index (χ1n) is 9.18. The largest absolute Gasteiger partial charge is 0.418 e. The highest BCUT2D eigenvalue weighted by Crippen LogP contribution is 2.35. The molecule has 4 nitrogen and oxygen atoms in total. The lowest BCUT2D eigenvalue weighted by molar-refractivity contribution is -0.0688. The van der Waals surface area contributed by atoms with E-state index in [0.717, 1.165) is 29.5 Å². The number of amides is 1. The zero-order valence-electron chi connectivity index (χ0n) is 15.7. The van der Waals surface area contributed by atoms with Gasteiger partial charge in [0.1, 0.15) is 5.69 Å². The molecule has 0 aliphatic heterocycles. The van der Waals surface area contributed by atoms with E-state index >= 15 is 0 Å². The van der Waals surface area contributed by atoms with E-state index in [1.807, 2.05) is 13.0 Å². The van der Waals surface area contributed by atoms with Crippen molar-refractivity contribution in [3.05, 3.63) is 66.0 Å². The number of hydrogen-bond donors (Lipinski definition) is 1. The van der Waals surface area contributed by atoms with Crippen molar-refractivity contribution in [2.24, 2.45) is 0 Å². The van der Waals surface area contributed by atoms with Crippen molar-refractivity contribution in [1.82, 2.24) is 15.5 Å². The third-order valence-corrected chi connectivity index (χ3v) is 5.01. The van der Waals surface area contributed by atoms with Crippen molar-refractivity contribution in [3.8, 4) is 11.1 Å². The van der Waals surface area contributed by atoms with Crippen LogP contribution in [0.1, 0.15) is 34.5 Å². The van der Waals surface area contributed by atoms with Crippen LogP contribution in [0.3, 0.4) is 0 Å². The summed E-state index contributed by atoms with van der Waals surface area (Å²) in [5, 5.41) is 11.2. The molecular formula is C22H18F3N3O. The van der Waals surface area contributed by atoms with Gasteiger partial charge in [-0.05, 0) is 54.7 Å². The van der Waals surface area contributed by atoms with E-state index in [4.69, 9.17) is 0 Å². The maximum Gasteiger partial charge on any atom is 0.418 e. The van der Waals surface area contributed by atoms with E-state index < -0.39 is 11.7 Å². The lowest BCUT2D eigenvalue weighted by Crippen LogP contribution is -2.25. The van der Waals surface area contributed by atoms with Crippen LogP contribution in [-0.4, -0.2) is 28.3 Å². The number of carbonyl (C=O) groups is 1. The summed E-state index contributed by atoms with van der Waals surface area (Å²) in [5.74, 6) is -0.121. The fourth-order valence-electron chi connectivity index (χ4n) is 3.18. The van der Waals surface area contributed by atoms with Crippen LogP contribution < -0.4 is 5.32 Å². The lowest BCUT2D eigenvalue weighted by atomic mass is 9.95. The van der Waals surface area contributed by atoms with Gasteiger partial charge < -0.3 is 5.32 Å². The van der Waals surface area contributed by atoms with Gasteiger partial charge in [-0.15, -0.1) is 5.10 Å². The Kier molecular flexibility index (Phi) is 4.61. The Morgan fingerprint density at radius 3 is 2.62 bits per heavy atom. The van der Waals surface area contributed by atoms with E-state index in [0.29, 0.717) is 16.3 Å². The summed E-state index contributed by atoms with van der Waals surface area (Å²) in [7, 11) is 0. The van der Waals surface area contributed by atoms with Crippen molar-refractivity contribution < 1.29 is 18.0 Å². The highest BCUT2D eigenvalue weighted by atomic mass is 19.4. The molecule has 1 fully saturated rings. The first kappa shape index (κ1) is 19.1. The van der Waals surface area contributed by atoms with Crippen LogP contribution in [0.25, 0.3) is 27.5 Å². The number of benzene rings is 2. The van der Waals surface area contributed by atoms with E-state index in [-0.39, 0.29) is 17.6 Å². The minimum Gasteiger partial charge on any atom is -0.349 e. The highest BCUT2D eigenvalue weighted by molar-refractivity contribution is 5.98. The maximum absolute atomic E-state index is 13.1. The van der Waals surface area contributed by atoms with Crippen molar-refractivity contribution in [2.45, 2.75) is 32.0 Å². The number of nitrogens with zero attached hydrogens (tertiary/aromatic N) is 2. The maximum atomic E-state index is 13.1. The van der Waals surface area contributed by atoms with Gasteiger partial charge in [0.25, 0.3) is 5.91 Å². The number of aromatic nitrogens is 2. The zero-order valence-corrected chi connectivity index (χ0v) is 15.7. The summed E-state index contributed by atoms with van der Waals surface area (Å²) < 4.78 is 39.2.